The van der Waals surface area contributed by atoms with E-state index in [0.717, 1.165) is 11.1 Å². The molecule has 0 radical (unpaired) electrons. The Bertz CT molecular complexity index is 936. The number of fused-ring (bicyclic) bond motifs is 2. The van der Waals surface area contributed by atoms with E-state index in [0.29, 0.717) is 40.8 Å². The van der Waals surface area contributed by atoms with Crippen LogP contribution in [0.15, 0.2) is 36.4 Å². The predicted molar refractivity (Wildman–Crippen MR) is 109 cm³/mol. The Labute approximate surface area is 168 Å². The van der Waals surface area contributed by atoms with Crippen LogP contribution in [0.4, 0.5) is 5.69 Å². The lowest BCUT2D eigenvalue weighted by Gasteiger charge is -2.31. The predicted octanol–water partition coefficient (Wildman–Crippen LogP) is 2.96. The molecule has 2 aliphatic heterocycles. The van der Waals surface area contributed by atoms with Gasteiger partial charge < -0.3 is 14.4 Å². The van der Waals surface area contributed by atoms with Gasteiger partial charge in [0.05, 0.1) is 19.9 Å². The summed E-state index contributed by atoms with van der Waals surface area (Å²) >= 11 is 5.63. The molecule has 0 spiro atoms. The summed E-state index contributed by atoms with van der Waals surface area (Å²) in [7, 11) is 3.20. The molecule has 0 saturated carbocycles. The number of ether oxygens (including phenoxy) is 2. The second-order valence-electron chi connectivity index (χ2n) is 6.88. The molecule has 0 bridgehead atoms. The van der Waals surface area contributed by atoms with Gasteiger partial charge in [-0.05, 0) is 66.7 Å². The van der Waals surface area contributed by atoms with E-state index < -0.39 is 0 Å². The molecular formula is C21H20N2O4S. The first-order valence-electron chi connectivity index (χ1n) is 8.94. The Balaban J connectivity index is 1.67. The smallest absolute Gasteiger partial charge is 0.256 e. The fourth-order valence-corrected chi connectivity index (χ4v) is 4.18. The molecule has 4 rings (SSSR count). The maximum absolute atomic E-state index is 13.1. The number of carbonyl (C=O) groups excluding carboxylic acids is 2. The van der Waals surface area contributed by atoms with Crippen molar-refractivity contribution in [2.24, 2.45) is 0 Å². The van der Waals surface area contributed by atoms with Crippen LogP contribution in [0.1, 0.15) is 28.4 Å². The van der Waals surface area contributed by atoms with Crippen LogP contribution in [0.3, 0.4) is 0 Å². The first kappa shape index (κ1) is 18.4. The van der Waals surface area contributed by atoms with E-state index in [-0.39, 0.29) is 17.7 Å². The number of hydrogen-bond donors (Lipinski definition) is 0. The highest BCUT2D eigenvalue weighted by atomic mass is 32.1. The summed E-state index contributed by atoms with van der Waals surface area (Å²) in [6, 6.07) is 10.5. The van der Waals surface area contributed by atoms with E-state index >= 15 is 0 Å². The summed E-state index contributed by atoms with van der Waals surface area (Å²) in [5, 5.41) is 0.478. The van der Waals surface area contributed by atoms with Gasteiger partial charge in [-0.2, -0.15) is 0 Å². The number of ketones is 1. The lowest BCUT2D eigenvalue weighted by Crippen LogP contribution is -2.40. The van der Waals surface area contributed by atoms with E-state index in [1.165, 1.54) is 6.92 Å². The SMILES string of the molecule is COc1cc2c(cc1OC)CN1C(=S)N(c3ccc(C(C)=O)cc3)C(=O)C1C2. The highest BCUT2D eigenvalue weighted by Gasteiger charge is 2.45. The summed E-state index contributed by atoms with van der Waals surface area (Å²) in [6.45, 7) is 2.05. The third-order valence-corrected chi connectivity index (χ3v) is 5.73. The zero-order valence-electron chi connectivity index (χ0n) is 15.9. The molecule has 1 atom stereocenters. The van der Waals surface area contributed by atoms with Crippen molar-refractivity contribution in [3.05, 3.63) is 53.1 Å². The number of thiocarbonyl (C=S) groups is 1. The van der Waals surface area contributed by atoms with Crippen LogP contribution in [0, 0.1) is 0 Å². The second-order valence-corrected chi connectivity index (χ2v) is 7.25. The number of carbonyl (C=O) groups is 2. The maximum atomic E-state index is 13.1. The molecule has 28 heavy (non-hydrogen) atoms. The topological polar surface area (TPSA) is 59.1 Å². The molecule has 1 fully saturated rings. The third-order valence-electron chi connectivity index (χ3n) is 5.31. The van der Waals surface area contributed by atoms with Crippen LogP contribution in [0.2, 0.25) is 0 Å². The van der Waals surface area contributed by atoms with Gasteiger partial charge >= 0.3 is 0 Å². The van der Waals surface area contributed by atoms with Gasteiger partial charge in [0.15, 0.2) is 22.4 Å². The van der Waals surface area contributed by atoms with E-state index in [1.54, 1.807) is 43.4 Å². The van der Waals surface area contributed by atoms with Gasteiger partial charge in [0, 0.05) is 18.5 Å². The van der Waals surface area contributed by atoms with Gasteiger partial charge in [-0.3, -0.25) is 14.5 Å². The molecule has 1 saturated heterocycles. The van der Waals surface area contributed by atoms with Crippen molar-refractivity contribution in [1.82, 2.24) is 4.90 Å². The van der Waals surface area contributed by atoms with E-state index in [1.807, 2.05) is 17.0 Å². The minimum absolute atomic E-state index is 0.0161. The van der Waals surface area contributed by atoms with Crippen molar-refractivity contribution in [1.29, 1.82) is 0 Å². The summed E-state index contributed by atoms with van der Waals surface area (Å²) in [5.41, 5.74) is 3.40. The van der Waals surface area contributed by atoms with Crippen LogP contribution < -0.4 is 14.4 Å². The Morgan fingerprint density at radius 1 is 1.07 bits per heavy atom. The number of amides is 1. The summed E-state index contributed by atoms with van der Waals surface area (Å²) in [5.74, 6) is 1.24. The quantitative estimate of drug-likeness (QED) is 0.585. The Morgan fingerprint density at radius 2 is 1.68 bits per heavy atom. The number of benzene rings is 2. The molecular weight excluding hydrogens is 376 g/mol. The monoisotopic (exact) mass is 396 g/mol. The average molecular weight is 396 g/mol. The van der Waals surface area contributed by atoms with Crippen molar-refractivity contribution in [3.8, 4) is 11.5 Å². The molecule has 1 amide bonds. The summed E-state index contributed by atoms with van der Waals surface area (Å²) in [6.07, 6.45) is 0.552. The van der Waals surface area contributed by atoms with Gasteiger partial charge in [-0.15, -0.1) is 0 Å². The standard InChI is InChI=1S/C21H20N2O4S/c1-12(24)13-4-6-16(7-5-13)23-20(25)17-8-14-9-18(26-2)19(27-3)10-15(14)11-22(17)21(23)28/h4-7,9-10,17H,8,11H2,1-3H3. The van der Waals surface area contributed by atoms with E-state index in [2.05, 4.69) is 0 Å². The zero-order chi connectivity index (χ0) is 20.0. The van der Waals surface area contributed by atoms with E-state index in [9.17, 15) is 9.59 Å². The fraction of sp³-hybridized carbons (Fsp3) is 0.286. The van der Waals surface area contributed by atoms with Gasteiger partial charge in [0.2, 0.25) is 0 Å². The van der Waals surface area contributed by atoms with Crippen molar-refractivity contribution in [2.75, 3.05) is 19.1 Å². The molecule has 1 unspecified atom stereocenters. The molecule has 144 valence electrons. The first-order chi connectivity index (χ1) is 13.4. The largest absolute Gasteiger partial charge is 0.493 e. The molecule has 2 aromatic carbocycles. The van der Waals surface area contributed by atoms with Crippen LogP contribution >= 0.6 is 12.2 Å². The van der Waals surface area contributed by atoms with Crippen molar-refractivity contribution in [3.63, 3.8) is 0 Å². The summed E-state index contributed by atoms with van der Waals surface area (Å²) in [4.78, 5) is 28.1. The molecule has 7 heteroatoms. The van der Waals surface area contributed by atoms with Crippen LogP contribution in [-0.2, 0) is 17.8 Å². The molecule has 6 nitrogen and oxygen atoms in total. The third kappa shape index (κ3) is 2.82. The maximum Gasteiger partial charge on any atom is 0.256 e. The van der Waals surface area contributed by atoms with Crippen molar-refractivity contribution < 1.29 is 19.1 Å². The van der Waals surface area contributed by atoms with Gasteiger partial charge in [0.25, 0.3) is 5.91 Å². The van der Waals surface area contributed by atoms with Gasteiger partial charge in [-0.1, -0.05) is 0 Å². The molecule has 2 heterocycles. The highest BCUT2D eigenvalue weighted by molar-refractivity contribution is 7.80. The van der Waals surface area contributed by atoms with Crippen molar-refractivity contribution in [2.45, 2.75) is 25.9 Å². The van der Waals surface area contributed by atoms with Gasteiger partial charge in [0.1, 0.15) is 6.04 Å². The average Bonchev–Trinajstić information content (AvgIpc) is 2.95. The summed E-state index contributed by atoms with van der Waals surface area (Å²) < 4.78 is 10.8. The van der Waals surface area contributed by atoms with Crippen LogP contribution in [0.5, 0.6) is 11.5 Å². The molecule has 0 aliphatic carbocycles. The Kier molecular flexibility index (Phi) is 4.55. The Morgan fingerprint density at radius 3 is 2.25 bits per heavy atom. The van der Waals surface area contributed by atoms with Gasteiger partial charge in [-0.25, -0.2) is 0 Å². The lowest BCUT2D eigenvalue weighted by molar-refractivity contribution is -0.120. The molecule has 0 N–H and O–H groups in total. The lowest BCUT2D eigenvalue weighted by atomic mass is 9.94. The number of nitrogens with zero attached hydrogens (tertiary/aromatic N) is 2. The molecule has 0 aromatic heterocycles. The minimum Gasteiger partial charge on any atom is -0.493 e. The highest BCUT2D eigenvalue weighted by Crippen LogP contribution is 2.38. The zero-order valence-corrected chi connectivity index (χ0v) is 16.7. The van der Waals surface area contributed by atoms with Crippen LogP contribution in [-0.4, -0.2) is 42.0 Å². The number of hydrogen-bond acceptors (Lipinski definition) is 5. The van der Waals surface area contributed by atoms with E-state index in [4.69, 9.17) is 21.7 Å². The molecule has 2 aliphatic rings. The normalized spacial score (nSPS) is 18.0. The number of Topliss-reactive ketones (excluding diaryl/α,β-unsaturated/α-hetero) is 1. The first-order valence-corrected chi connectivity index (χ1v) is 9.34. The number of methoxy groups -OCH3 is 2. The number of rotatable bonds is 4. The minimum atomic E-state index is -0.342. The Hall–Kier alpha value is -2.93. The number of anilines is 1. The fourth-order valence-electron chi connectivity index (χ4n) is 3.79. The molecule has 2 aromatic rings. The second kappa shape index (κ2) is 6.91. The van der Waals surface area contributed by atoms with Crippen molar-refractivity contribution >= 4 is 34.7 Å². The van der Waals surface area contributed by atoms with Crippen LogP contribution in [0.25, 0.3) is 0 Å².